The molecule has 0 aromatic carbocycles. The average molecular weight is 170 g/mol. The van der Waals surface area contributed by atoms with E-state index in [2.05, 4.69) is 0 Å². The van der Waals surface area contributed by atoms with Gasteiger partial charge in [-0.15, -0.1) is 0 Å². The third-order valence-electron chi connectivity index (χ3n) is 0. The van der Waals surface area contributed by atoms with Gasteiger partial charge in [0.15, 0.2) is 0 Å². The maximum Gasteiger partial charge on any atom is 2.00 e. The van der Waals surface area contributed by atoms with Crippen molar-refractivity contribution in [3.63, 3.8) is 0 Å². The minimum Gasteiger partial charge on any atom is -0.553 e. The molecule has 0 heterocycles. The molecule has 0 radical (unpaired) electrons. The molecule has 0 aliphatic heterocycles. The van der Waals surface area contributed by atoms with Crippen molar-refractivity contribution in [1.29, 1.82) is 0 Å². The van der Waals surface area contributed by atoms with Crippen molar-refractivity contribution in [2.24, 2.45) is 0 Å². The van der Waals surface area contributed by atoms with Crippen molar-refractivity contribution < 1.29 is 30.8 Å². The van der Waals surface area contributed by atoms with Crippen LogP contribution in [0.3, 0.4) is 0 Å². The van der Waals surface area contributed by atoms with E-state index in [0.29, 0.717) is 0 Å². The third-order valence-corrected chi connectivity index (χ3v) is 0. The molecule has 0 aliphatic rings. The molecule has 5 heteroatoms. The molecule has 0 unspecified atom stereocenters. The van der Waals surface area contributed by atoms with Crippen LogP contribution < -0.4 is 0 Å². The molecule has 0 bridgehead atoms. The third kappa shape index (κ3) is 112. The van der Waals surface area contributed by atoms with Crippen LogP contribution in [0.2, 0.25) is 0 Å². The monoisotopic (exact) mass is 170 g/mol. The predicted molar refractivity (Wildman–Crippen MR) is 12.2 cm³/mol. The molecule has 4 N–H and O–H groups in total. The summed E-state index contributed by atoms with van der Waals surface area (Å²) in [4.78, 5) is 0. The summed E-state index contributed by atoms with van der Waals surface area (Å²) in [5.41, 5.74) is 0. The van der Waals surface area contributed by atoms with Crippen LogP contribution in [0.4, 0.5) is 0 Å². The summed E-state index contributed by atoms with van der Waals surface area (Å²) in [6.07, 6.45) is 0. The van der Waals surface area contributed by atoms with Crippen LogP contribution in [0.1, 0.15) is 0 Å². The van der Waals surface area contributed by atoms with Crippen molar-refractivity contribution in [2.45, 2.75) is 0 Å². The zero-order valence-corrected chi connectivity index (χ0v) is 3.77. The fraction of sp³-hybridized carbons (Fsp3) is 0. The Balaban J connectivity index is -0.0000000133. The first-order valence-corrected chi connectivity index (χ1v) is 0.447. The molecule has 5 heavy (non-hydrogen) atoms. The molecule has 0 atom stereocenters. The Morgan fingerprint density at radius 2 is 0.800 bits per heavy atom. The van der Waals surface area contributed by atoms with Crippen molar-refractivity contribution in [1.82, 2.24) is 0 Å². The molecule has 0 aromatic rings. The van der Waals surface area contributed by atoms with Crippen molar-refractivity contribution in [3.8, 4) is 0 Å². The van der Waals surface area contributed by atoms with Crippen LogP contribution in [-0.2, 0) is 20.4 Å². The molecule has 0 amide bonds. The summed E-state index contributed by atoms with van der Waals surface area (Å²) in [5.74, 6) is 9.50. The maximum absolute atomic E-state index is 6.25. The van der Waals surface area contributed by atoms with Crippen LogP contribution in [0, 0.1) is 0 Å². The minimum absolute atomic E-state index is 0. The average Bonchev–Trinajstić information content (AvgIpc) is 1.50. The first-order valence-electron chi connectivity index (χ1n) is 0.447. The number of hydrogen-bond acceptors (Lipinski definition) is 2. The zero-order valence-electron chi connectivity index (χ0n) is 2.21. The summed E-state index contributed by atoms with van der Waals surface area (Å²) in [5, 5.41) is 12.5. The van der Waals surface area contributed by atoms with Crippen LogP contribution in [0.5, 0.6) is 0 Å². The van der Waals surface area contributed by atoms with E-state index in [-0.39, 0.29) is 20.4 Å². The second-order valence-electron chi connectivity index (χ2n) is 0. The summed E-state index contributed by atoms with van der Waals surface area (Å²) < 4.78 is 0. The number of rotatable bonds is 0. The second-order valence-corrected chi connectivity index (χ2v) is 0. The SMILES string of the molecule is [NH-]O.[NH-]O.[Pd+2]. The number of hydrogen-bond donors (Lipinski definition) is 2. The van der Waals surface area contributed by atoms with Gasteiger partial charge in [-0.05, 0) is 0 Å². The van der Waals surface area contributed by atoms with Gasteiger partial charge >= 0.3 is 20.4 Å². The van der Waals surface area contributed by atoms with Crippen molar-refractivity contribution >= 4 is 0 Å². The first kappa shape index (κ1) is 17.8. The largest absolute Gasteiger partial charge is 2.00 e. The molecule has 0 spiro atoms. The fourth-order valence-electron chi connectivity index (χ4n) is 0. The molecule has 0 rings (SSSR count). The van der Waals surface area contributed by atoms with Gasteiger partial charge in [0, 0.05) is 0 Å². The van der Waals surface area contributed by atoms with E-state index in [1.165, 1.54) is 0 Å². The van der Waals surface area contributed by atoms with E-state index in [9.17, 15) is 0 Å². The van der Waals surface area contributed by atoms with E-state index in [0.717, 1.165) is 0 Å². The van der Waals surface area contributed by atoms with Crippen molar-refractivity contribution in [2.75, 3.05) is 0 Å². The molecule has 0 aliphatic carbocycles. The standard InChI is InChI=1S/2H2NO.Pd/c2*1-2;/h2*1-2H;/q2*-1;+2. The van der Waals surface area contributed by atoms with Gasteiger partial charge in [-0.2, -0.15) is 0 Å². The Bertz CT molecular complexity index is 7.61. The summed E-state index contributed by atoms with van der Waals surface area (Å²) in [6, 6.07) is 0. The summed E-state index contributed by atoms with van der Waals surface area (Å²) in [7, 11) is 0. The zero-order chi connectivity index (χ0) is 4.00. The summed E-state index contributed by atoms with van der Waals surface area (Å²) >= 11 is 0. The fourth-order valence-corrected chi connectivity index (χ4v) is 0. The predicted octanol–water partition coefficient (Wildman–Crippen LogP) is 0.853. The normalized spacial score (nSPS) is 2.40. The van der Waals surface area contributed by atoms with Gasteiger partial charge in [-0.25, -0.2) is 0 Å². The van der Waals surface area contributed by atoms with Crippen LogP contribution >= 0.6 is 0 Å². The molecule has 36 valence electrons. The first-order chi connectivity index (χ1) is 2.00. The Morgan fingerprint density at radius 3 is 0.800 bits per heavy atom. The molecule has 0 saturated heterocycles. The van der Waals surface area contributed by atoms with E-state index in [1.807, 2.05) is 0 Å². The van der Waals surface area contributed by atoms with E-state index in [1.54, 1.807) is 0 Å². The maximum atomic E-state index is 6.25. The smallest absolute Gasteiger partial charge is 0.553 e. The topological polar surface area (TPSA) is 88.1 Å². The molecule has 4 nitrogen and oxygen atoms in total. The molecular formula is H4N2O2Pd. The Morgan fingerprint density at radius 1 is 0.800 bits per heavy atom. The van der Waals surface area contributed by atoms with Gasteiger partial charge in [-0.1, -0.05) is 0 Å². The number of nitrogens with one attached hydrogen (secondary N) is 2. The van der Waals surface area contributed by atoms with E-state index >= 15 is 0 Å². The Labute approximate surface area is 43.3 Å². The van der Waals surface area contributed by atoms with Gasteiger partial charge in [0.2, 0.25) is 0 Å². The Hall–Kier alpha value is 0.502. The minimum atomic E-state index is 0. The molecular weight excluding hydrogens is 166 g/mol. The van der Waals surface area contributed by atoms with Crippen LogP contribution in [0.25, 0.3) is 11.8 Å². The van der Waals surface area contributed by atoms with Crippen molar-refractivity contribution in [3.05, 3.63) is 11.8 Å². The van der Waals surface area contributed by atoms with Gasteiger partial charge in [0.05, 0.1) is 0 Å². The quantitative estimate of drug-likeness (QED) is 0.417. The molecule has 0 saturated carbocycles. The second kappa shape index (κ2) is 219. The van der Waals surface area contributed by atoms with E-state index < -0.39 is 0 Å². The Kier molecular flexibility index (Phi) is 780. The van der Waals surface area contributed by atoms with E-state index in [4.69, 9.17) is 22.2 Å². The van der Waals surface area contributed by atoms with Gasteiger partial charge in [0.1, 0.15) is 0 Å². The van der Waals surface area contributed by atoms with Gasteiger partial charge in [0.25, 0.3) is 0 Å². The molecule has 0 aromatic heterocycles. The van der Waals surface area contributed by atoms with Crippen LogP contribution in [0.15, 0.2) is 0 Å². The molecule has 0 fully saturated rings. The summed E-state index contributed by atoms with van der Waals surface area (Å²) in [6.45, 7) is 0. The van der Waals surface area contributed by atoms with Gasteiger partial charge in [-0.3, -0.25) is 0 Å². The van der Waals surface area contributed by atoms with Crippen LogP contribution in [-0.4, -0.2) is 10.4 Å². The van der Waals surface area contributed by atoms with Gasteiger partial charge < -0.3 is 22.2 Å².